The SMILES string of the molecule is O=C(NC1CCN(CCCCC2(C(=O)NCC(F)(F)F)c3ccccc3-c3ccccc32)CC1)[C@@H]1[C@H]2C[C@]1(c1ccc(C(F)(F)F)cc1)CO2. The Balaban J connectivity index is 0.937. The molecule has 3 saturated heterocycles. The van der Waals surface area contributed by atoms with Gasteiger partial charge in [-0.1, -0.05) is 67.1 Å². The summed E-state index contributed by atoms with van der Waals surface area (Å²) in [6.07, 6.45) is -5.39. The van der Waals surface area contributed by atoms with Crippen molar-refractivity contribution in [2.75, 3.05) is 32.8 Å². The van der Waals surface area contributed by atoms with Crippen molar-refractivity contribution in [1.29, 1.82) is 0 Å². The van der Waals surface area contributed by atoms with Crippen LogP contribution in [0.15, 0.2) is 72.8 Å². The minimum atomic E-state index is -4.53. The number of hydrogen-bond acceptors (Lipinski definition) is 4. The van der Waals surface area contributed by atoms with Gasteiger partial charge in [0.25, 0.3) is 0 Å². The number of hydrogen-bond donors (Lipinski definition) is 2. The lowest BCUT2D eigenvalue weighted by atomic mass is 9.57. The lowest BCUT2D eigenvalue weighted by molar-refractivity contribution is -0.141. The molecule has 5 aliphatic rings. The summed E-state index contributed by atoms with van der Waals surface area (Å²) in [6.45, 7) is 1.17. The lowest BCUT2D eigenvalue weighted by Gasteiger charge is -2.45. The van der Waals surface area contributed by atoms with E-state index >= 15 is 0 Å². The maximum atomic E-state index is 13.7. The third kappa shape index (κ3) is 6.18. The topological polar surface area (TPSA) is 70.7 Å². The zero-order valence-corrected chi connectivity index (χ0v) is 27.4. The van der Waals surface area contributed by atoms with Crippen LogP contribution < -0.4 is 10.6 Å². The first-order valence-corrected chi connectivity index (χ1v) is 17.2. The molecular formula is C38H39F6N3O3. The number of halogens is 6. The second kappa shape index (κ2) is 13.0. The van der Waals surface area contributed by atoms with Gasteiger partial charge < -0.3 is 20.3 Å². The number of unbranched alkanes of at least 4 members (excludes halogenated alkanes) is 1. The number of carbonyl (C=O) groups is 2. The molecular weight excluding hydrogens is 660 g/mol. The number of nitrogens with zero attached hydrogens (tertiary/aromatic N) is 1. The summed E-state index contributed by atoms with van der Waals surface area (Å²) in [4.78, 5) is 29.5. The minimum absolute atomic E-state index is 0.0319. The van der Waals surface area contributed by atoms with Crippen LogP contribution in [0.1, 0.15) is 60.8 Å². The van der Waals surface area contributed by atoms with Gasteiger partial charge in [0.1, 0.15) is 12.0 Å². The van der Waals surface area contributed by atoms with Gasteiger partial charge in [-0.25, -0.2) is 0 Å². The highest BCUT2D eigenvalue weighted by Gasteiger charge is 2.64. The molecule has 2 bridgehead atoms. The number of ether oxygens (including phenoxy) is 1. The Hall–Kier alpha value is -3.90. The van der Waals surface area contributed by atoms with Crippen molar-refractivity contribution in [1.82, 2.24) is 15.5 Å². The van der Waals surface area contributed by atoms with E-state index in [0.29, 0.717) is 31.4 Å². The molecule has 4 fully saturated rings. The number of amides is 2. The van der Waals surface area contributed by atoms with Gasteiger partial charge in [0, 0.05) is 24.5 Å². The first kappa shape index (κ1) is 34.5. The van der Waals surface area contributed by atoms with Gasteiger partial charge >= 0.3 is 12.4 Å². The van der Waals surface area contributed by atoms with E-state index < -0.39 is 47.1 Å². The Labute approximate surface area is 286 Å². The van der Waals surface area contributed by atoms with Crippen molar-refractivity contribution in [3.63, 3.8) is 0 Å². The van der Waals surface area contributed by atoms with Crippen LogP contribution in [0.3, 0.4) is 0 Å². The third-order valence-corrected chi connectivity index (χ3v) is 11.3. The Kier molecular flexibility index (Phi) is 8.99. The Morgan fingerprint density at radius 2 is 1.46 bits per heavy atom. The second-order valence-corrected chi connectivity index (χ2v) is 14.1. The molecule has 0 unspecified atom stereocenters. The summed E-state index contributed by atoms with van der Waals surface area (Å²) in [7, 11) is 0. The van der Waals surface area contributed by atoms with Crippen molar-refractivity contribution in [2.45, 2.75) is 73.9 Å². The van der Waals surface area contributed by atoms with Gasteiger partial charge in [-0.05, 0) is 78.6 Å². The van der Waals surface area contributed by atoms with E-state index in [1.54, 1.807) is 0 Å². The summed E-state index contributed by atoms with van der Waals surface area (Å²) >= 11 is 0. The average Bonchev–Trinajstić information content (AvgIpc) is 3.77. The highest BCUT2D eigenvalue weighted by atomic mass is 19.4. The number of rotatable bonds is 10. The predicted molar refractivity (Wildman–Crippen MR) is 174 cm³/mol. The van der Waals surface area contributed by atoms with Gasteiger partial charge in [-0.2, -0.15) is 26.3 Å². The number of alkyl halides is 6. The lowest BCUT2D eigenvalue weighted by Crippen LogP contribution is -2.58. The van der Waals surface area contributed by atoms with E-state index in [0.717, 1.165) is 73.3 Å². The quantitative estimate of drug-likeness (QED) is 0.181. The summed E-state index contributed by atoms with van der Waals surface area (Å²) in [5, 5.41) is 5.37. The Bertz CT molecular complexity index is 1680. The van der Waals surface area contributed by atoms with Crippen LogP contribution in [0.2, 0.25) is 0 Å². The van der Waals surface area contributed by atoms with Crippen LogP contribution in [0.4, 0.5) is 26.3 Å². The number of carbonyl (C=O) groups excluding carboxylic acids is 2. The molecule has 3 aromatic rings. The van der Waals surface area contributed by atoms with Crippen molar-refractivity contribution >= 4 is 11.8 Å². The van der Waals surface area contributed by atoms with Crippen LogP contribution in [0.5, 0.6) is 0 Å². The molecule has 0 aromatic heterocycles. The van der Waals surface area contributed by atoms with E-state index in [1.165, 1.54) is 12.1 Å². The van der Waals surface area contributed by atoms with Crippen LogP contribution in [0, 0.1) is 5.92 Å². The smallest absolute Gasteiger partial charge is 0.376 e. The molecule has 0 spiro atoms. The molecule has 1 saturated carbocycles. The van der Waals surface area contributed by atoms with Gasteiger partial charge in [-0.15, -0.1) is 0 Å². The van der Waals surface area contributed by atoms with E-state index in [9.17, 15) is 35.9 Å². The van der Waals surface area contributed by atoms with Gasteiger partial charge in [0.2, 0.25) is 11.8 Å². The third-order valence-electron chi connectivity index (χ3n) is 11.3. The molecule has 50 heavy (non-hydrogen) atoms. The van der Waals surface area contributed by atoms with E-state index in [1.807, 2.05) is 48.5 Å². The molecule has 3 heterocycles. The van der Waals surface area contributed by atoms with Crippen LogP contribution in [-0.4, -0.2) is 67.8 Å². The minimum Gasteiger partial charge on any atom is -0.376 e. The number of fused-ring (bicyclic) bond motifs is 4. The number of nitrogens with one attached hydrogen (secondary N) is 2. The van der Waals surface area contributed by atoms with Crippen LogP contribution >= 0.6 is 0 Å². The fourth-order valence-electron chi connectivity index (χ4n) is 8.75. The molecule has 0 radical (unpaired) electrons. The Morgan fingerprint density at radius 1 is 0.840 bits per heavy atom. The maximum absolute atomic E-state index is 13.7. The first-order chi connectivity index (χ1) is 23.8. The first-order valence-electron chi connectivity index (χ1n) is 17.2. The van der Waals surface area contributed by atoms with Crippen LogP contribution in [-0.2, 0) is 31.3 Å². The van der Waals surface area contributed by atoms with Crippen molar-refractivity contribution in [3.8, 4) is 11.1 Å². The highest BCUT2D eigenvalue weighted by Crippen LogP contribution is 2.57. The summed E-state index contributed by atoms with van der Waals surface area (Å²) < 4.78 is 84.7. The fourth-order valence-corrected chi connectivity index (χ4v) is 8.75. The fraction of sp³-hybridized carbons (Fsp3) is 0.474. The molecule has 12 heteroatoms. The van der Waals surface area contributed by atoms with Gasteiger partial charge in [-0.3, -0.25) is 9.59 Å². The summed E-state index contributed by atoms with van der Waals surface area (Å²) in [6, 6.07) is 19.9. The summed E-state index contributed by atoms with van der Waals surface area (Å²) in [5.74, 6) is -1.21. The molecule has 3 aliphatic heterocycles. The zero-order valence-electron chi connectivity index (χ0n) is 27.4. The molecule has 6 nitrogen and oxygen atoms in total. The molecule has 3 aromatic carbocycles. The standard InChI is InChI=1S/C38H39F6N3O3/c39-37(40,41)22-45-34(49)36(29-9-3-1-7-27(29)28-8-2-4-10-30(28)36)17-5-6-18-47-19-15-26(16-20-47)46-33(48)32-31-21-35(32,23-50-31)24-11-13-25(14-12-24)38(42,43)44/h1-4,7-14,26,31-32H,5-6,15-23H2,(H,45,49)(H,46,48)/t31-,32+,35-/m1/s1. The van der Waals surface area contributed by atoms with Gasteiger partial charge in [0.15, 0.2) is 0 Å². The van der Waals surface area contributed by atoms with Crippen molar-refractivity contribution in [2.24, 2.45) is 5.92 Å². The van der Waals surface area contributed by atoms with E-state index in [2.05, 4.69) is 15.5 Å². The Morgan fingerprint density at radius 3 is 2.04 bits per heavy atom. The molecule has 266 valence electrons. The van der Waals surface area contributed by atoms with Crippen molar-refractivity contribution < 1.29 is 40.7 Å². The molecule has 3 atom stereocenters. The largest absolute Gasteiger partial charge is 0.416 e. The number of benzene rings is 3. The maximum Gasteiger partial charge on any atom is 0.416 e. The molecule has 2 aliphatic carbocycles. The molecule has 8 rings (SSSR count). The summed E-state index contributed by atoms with van der Waals surface area (Å²) in [5.41, 5.74) is 1.31. The number of piperidine rings is 1. The monoisotopic (exact) mass is 699 g/mol. The predicted octanol–water partition coefficient (Wildman–Crippen LogP) is 6.76. The zero-order chi connectivity index (χ0) is 35.3. The van der Waals surface area contributed by atoms with E-state index in [-0.39, 0.29) is 18.1 Å². The highest BCUT2D eigenvalue weighted by molar-refractivity contribution is 6.00. The molecule has 2 N–H and O–H groups in total. The second-order valence-electron chi connectivity index (χ2n) is 14.1. The van der Waals surface area contributed by atoms with E-state index in [4.69, 9.17) is 4.74 Å². The average molecular weight is 700 g/mol. The number of likely N-dealkylation sites (tertiary alicyclic amines) is 1. The van der Waals surface area contributed by atoms with Crippen LogP contribution in [0.25, 0.3) is 11.1 Å². The van der Waals surface area contributed by atoms with Crippen molar-refractivity contribution in [3.05, 3.63) is 95.1 Å². The normalized spacial score (nSPS) is 24.3. The molecule has 2 amide bonds. The van der Waals surface area contributed by atoms with Gasteiger partial charge in [0.05, 0.1) is 24.2 Å².